The molecule has 0 fully saturated rings. The second kappa shape index (κ2) is 5.90. The molecule has 0 aliphatic carbocycles. The second-order valence-electron chi connectivity index (χ2n) is 4.02. The molecule has 0 bridgehead atoms. The molecule has 1 amide bonds. The molecule has 2 aromatic rings. The molecule has 0 radical (unpaired) electrons. The molecule has 8 heteroatoms. The molecular weight excluding hydrogens is 299 g/mol. The average molecular weight is 310 g/mol. The first-order valence-corrected chi connectivity index (χ1v) is 7.26. The number of benzene rings is 1. The lowest BCUT2D eigenvalue weighted by molar-refractivity contribution is -0.111. The summed E-state index contributed by atoms with van der Waals surface area (Å²) < 4.78 is 40.9. The Morgan fingerprint density at radius 2 is 2.10 bits per heavy atom. The van der Waals surface area contributed by atoms with Gasteiger partial charge in [-0.25, -0.2) is 17.9 Å². The number of primary sulfonamides is 1. The Morgan fingerprint density at radius 3 is 2.71 bits per heavy atom. The van der Waals surface area contributed by atoms with Crippen molar-refractivity contribution in [1.29, 1.82) is 0 Å². The topological polar surface area (TPSA) is 102 Å². The molecule has 2 rings (SSSR count). The Labute approximate surface area is 120 Å². The van der Waals surface area contributed by atoms with Gasteiger partial charge in [0, 0.05) is 6.08 Å². The van der Waals surface area contributed by atoms with E-state index in [-0.39, 0.29) is 10.6 Å². The minimum Gasteiger partial charge on any atom is -0.465 e. The molecule has 0 aliphatic heterocycles. The molecule has 6 nitrogen and oxygen atoms in total. The van der Waals surface area contributed by atoms with E-state index in [0.29, 0.717) is 5.76 Å². The van der Waals surface area contributed by atoms with Crippen LogP contribution in [0.4, 0.5) is 10.1 Å². The zero-order valence-corrected chi connectivity index (χ0v) is 11.4. The van der Waals surface area contributed by atoms with Crippen molar-refractivity contribution < 1.29 is 22.0 Å². The van der Waals surface area contributed by atoms with Crippen LogP contribution in [0.25, 0.3) is 6.08 Å². The van der Waals surface area contributed by atoms with Crippen molar-refractivity contribution in [3.63, 3.8) is 0 Å². The van der Waals surface area contributed by atoms with Gasteiger partial charge >= 0.3 is 0 Å². The molecule has 0 aliphatic rings. The molecule has 0 unspecified atom stereocenters. The lowest BCUT2D eigenvalue weighted by atomic mass is 10.3. The van der Waals surface area contributed by atoms with Crippen LogP contribution in [0.1, 0.15) is 5.76 Å². The fourth-order valence-electron chi connectivity index (χ4n) is 1.50. The van der Waals surface area contributed by atoms with E-state index in [9.17, 15) is 17.6 Å². The quantitative estimate of drug-likeness (QED) is 0.839. The van der Waals surface area contributed by atoms with E-state index < -0.39 is 21.7 Å². The Hall–Kier alpha value is -2.45. The number of carbonyl (C=O) groups is 1. The van der Waals surface area contributed by atoms with Gasteiger partial charge in [0.05, 0.1) is 16.8 Å². The fourth-order valence-corrected chi connectivity index (χ4v) is 2.04. The van der Waals surface area contributed by atoms with Crippen molar-refractivity contribution in [2.24, 2.45) is 5.14 Å². The summed E-state index contributed by atoms with van der Waals surface area (Å²) in [6.45, 7) is 0. The van der Waals surface area contributed by atoms with Gasteiger partial charge < -0.3 is 9.73 Å². The van der Waals surface area contributed by atoms with Crippen LogP contribution in [0.2, 0.25) is 0 Å². The summed E-state index contributed by atoms with van der Waals surface area (Å²) in [6.07, 6.45) is 3.95. The van der Waals surface area contributed by atoms with Crippen molar-refractivity contribution in [2.45, 2.75) is 4.90 Å². The number of rotatable bonds is 4. The Morgan fingerprint density at radius 1 is 1.33 bits per heavy atom. The summed E-state index contributed by atoms with van der Waals surface area (Å²) in [4.78, 5) is 11.3. The highest BCUT2D eigenvalue weighted by molar-refractivity contribution is 7.89. The lowest BCUT2D eigenvalue weighted by Crippen LogP contribution is -2.14. The highest BCUT2D eigenvalue weighted by Crippen LogP contribution is 2.18. The molecule has 21 heavy (non-hydrogen) atoms. The summed E-state index contributed by atoms with van der Waals surface area (Å²) in [5.74, 6) is -0.970. The highest BCUT2D eigenvalue weighted by Gasteiger charge is 2.12. The molecule has 1 heterocycles. The van der Waals surface area contributed by atoms with E-state index in [1.807, 2.05) is 0 Å². The summed E-state index contributed by atoms with van der Waals surface area (Å²) in [5.41, 5.74) is -0.282. The lowest BCUT2D eigenvalue weighted by Gasteiger charge is -2.06. The standard InChI is InChI=1S/C13H11FN2O4S/c14-11-5-4-10(21(15,18)19)8-12(11)16-13(17)6-3-9-2-1-7-20-9/h1-8H,(H,16,17)(H2,15,18,19)/b6-3+. The van der Waals surface area contributed by atoms with Gasteiger partial charge in [-0.3, -0.25) is 4.79 Å². The van der Waals surface area contributed by atoms with Crippen molar-refractivity contribution in [3.8, 4) is 0 Å². The van der Waals surface area contributed by atoms with Crippen molar-refractivity contribution >= 4 is 27.7 Å². The van der Waals surface area contributed by atoms with Crippen LogP contribution in [0.5, 0.6) is 0 Å². The van der Waals surface area contributed by atoms with E-state index in [4.69, 9.17) is 9.56 Å². The van der Waals surface area contributed by atoms with Crippen LogP contribution in [-0.4, -0.2) is 14.3 Å². The van der Waals surface area contributed by atoms with Gasteiger partial charge in [0.15, 0.2) is 0 Å². The van der Waals surface area contributed by atoms with E-state index in [1.165, 1.54) is 12.3 Å². The normalized spacial score (nSPS) is 11.7. The van der Waals surface area contributed by atoms with Crippen LogP contribution in [0, 0.1) is 5.82 Å². The number of sulfonamides is 1. The zero-order valence-electron chi connectivity index (χ0n) is 10.6. The van der Waals surface area contributed by atoms with Gasteiger partial charge in [-0.15, -0.1) is 0 Å². The molecule has 1 aromatic carbocycles. The molecule has 0 saturated carbocycles. The first-order chi connectivity index (χ1) is 9.86. The molecule has 110 valence electrons. The maximum absolute atomic E-state index is 13.5. The Balaban J connectivity index is 2.17. The number of nitrogens with two attached hydrogens (primary N) is 1. The second-order valence-corrected chi connectivity index (χ2v) is 5.59. The molecular formula is C13H11FN2O4S. The summed E-state index contributed by atoms with van der Waals surface area (Å²) in [6, 6.07) is 6.15. The number of halogens is 1. The number of amides is 1. The van der Waals surface area contributed by atoms with Crippen molar-refractivity contribution in [1.82, 2.24) is 0 Å². The maximum Gasteiger partial charge on any atom is 0.248 e. The van der Waals surface area contributed by atoms with E-state index in [0.717, 1.165) is 24.3 Å². The predicted molar refractivity (Wildman–Crippen MR) is 74.1 cm³/mol. The van der Waals surface area contributed by atoms with Gasteiger partial charge in [-0.1, -0.05) is 0 Å². The minimum atomic E-state index is -3.98. The molecule has 3 N–H and O–H groups in total. The molecule has 0 spiro atoms. The number of furan rings is 1. The smallest absolute Gasteiger partial charge is 0.248 e. The Kier molecular flexibility index (Phi) is 4.20. The van der Waals surface area contributed by atoms with Gasteiger partial charge in [-0.05, 0) is 36.4 Å². The average Bonchev–Trinajstić information content (AvgIpc) is 2.91. The zero-order chi connectivity index (χ0) is 15.5. The van der Waals surface area contributed by atoms with E-state index in [1.54, 1.807) is 12.1 Å². The summed E-state index contributed by atoms with van der Waals surface area (Å²) in [7, 11) is -3.98. The van der Waals surface area contributed by atoms with E-state index >= 15 is 0 Å². The van der Waals surface area contributed by atoms with Gasteiger partial charge in [0.2, 0.25) is 15.9 Å². The van der Waals surface area contributed by atoms with Crippen molar-refractivity contribution in [2.75, 3.05) is 5.32 Å². The highest BCUT2D eigenvalue weighted by atomic mass is 32.2. The van der Waals surface area contributed by atoms with Gasteiger partial charge in [-0.2, -0.15) is 0 Å². The first-order valence-electron chi connectivity index (χ1n) is 5.71. The summed E-state index contributed by atoms with van der Waals surface area (Å²) >= 11 is 0. The van der Waals surface area contributed by atoms with Crippen LogP contribution in [-0.2, 0) is 14.8 Å². The monoisotopic (exact) mass is 310 g/mol. The first kappa shape index (κ1) is 14.9. The van der Waals surface area contributed by atoms with Crippen LogP contribution >= 0.6 is 0 Å². The Bertz CT molecular complexity index is 783. The maximum atomic E-state index is 13.5. The van der Waals surface area contributed by atoms with Crippen molar-refractivity contribution in [3.05, 3.63) is 54.2 Å². The van der Waals surface area contributed by atoms with E-state index in [2.05, 4.69) is 5.32 Å². The number of hydrogen-bond acceptors (Lipinski definition) is 4. The van der Waals surface area contributed by atoms with Crippen LogP contribution in [0.15, 0.2) is 52.0 Å². The third kappa shape index (κ3) is 4.01. The summed E-state index contributed by atoms with van der Waals surface area (Å²) in [5, 5.41) is 7.16. The minimum absolute atomic E-state index is 0.282. The van der Waals surface area contributed by atoms with Gasteiger partial charge in [0.25, 0.3) is 0 Å². The van der Waals surface area contributed by atoms with Crippen LogP contribution < -0.4 is 10.5 Å². The third-order valence-corrected chi connectivity index (χ3v) is 3.38. The molecule has 0 saturated heterocycles. The SMILES string of the molecule is NS(=O)(=O)c1ccc(F)c(NC(=O)/C=C/c2ccco2)c1. The molecule has 1 aromatic heterocycles. The predicted octanol–water partition coefficient (Wildman–Crippen LogP) is 1.72. The largest absolute Gasteiger partial charge is 0.465 e. The van der Waals surface area contributed by atoms with Gasteiger partial charge in [0.1, 0.15) is 11.6 Å². The number of hydrogen-bond donors (Lipinski definition) is 2. The number of anilines is 1. The number of nitrogens with one attached hydrogen (secondary N) is 1. The van der Waals surface area contributed by atoms with Crippen LogP contribution in [0.3, 0.4) is 0 Å². The fraction of sp³-hybridized carbons (Fsp3) is 0. The third-order valence-electron chi connectivity index (χ3n) is 2.47. The molecule has 0 atom stereocenters. The number of carbonyl (C=O) groups excluding carboxylic acids is 1.